The number of Topliss-reactive ketones (excluding diaryl/α,β-unsaturated/α-hetero) is 1. The number of carbonyl (C=O) groups is 2. The lowest BCUT2D eigenvalue weighted by Gasteiger charge is -2.38. The highest BCUT2D eigenvalue weighted by Gasteiger charge is 2.43. The predicted octanol–water partition coefficient (Wildman–Crippen LogP) is 3.90. The zero-order valence-electron chi connectivity index (χ0n) is 13.6. The van der Waals surface area contributed by atoms with E-state index in [1.54, 1.807) is 0 Å². The van der Waals surface area contributed by atoms with Crippen LogP contribution in [0.4, 0.5) is 4.39 Å². The Kier molecular flexibility index (Phi) is 3.82. The first-order valence-electron chi connectivity index (χ1n) is 7.85. The fraction of sp³-hybridized carbons (Fsp3) is 0.368. The van der Waals surface area contributed by atoms with Crippen LogP contribution < -0.4 is 0 Å². The number of carboxylic acid groups (broad SMARTS) is 1. The Labute approximate surface area is 139 Å². The molecule has 0 spiro atoms. The van der Waals surface area contributed by atoms with Crippen LogP contribution in [0.5, 0.6) is 0 Å². The molecule has 1 unspecified atom stereocenters. The lowest BCUT2D eigenvalue weighted by atomic mass is 9.65. The number of benzene rings is 1. The summed E-state index contributed by atoms with van der Waals surface area (Å²) in [6, 6.07) is 5.41. The van der Waals surface area contributed by atoms with Crippen molar-refractivity contribution in [2.75, 3.05) is 0 Å². The third kappa shape index (κ3) is 2.75. The molecular formula is C19H19FO4. The van der Waals surface area contributed by atoms with Crippen molar-refractivity contribution in [1.82, 2.24) is 0 Å². The number of aliphatic hydroxyl groups excluding tert-OH is 1. The largest absolute Gasteiger partial charge is 0.511 e. The second-order valence-corrected chi connectivity index (χ2v) is 7.29. The van der Waals surface area contributed by atoms with E-state index < -0.39 is 17.7 Å². The van der Waals surface area contributed by atoms with Crippen LogP contribution in [0.3, 0.4) is 0 Å². The Bertz CT molecular complexity index is 784. The Morgan fingerprint density at radius 1 is 1.21 bits per heavy atom. The summed E-state index contributed by atoms with van der Waals surface area (Å²) >= 11 is 0. The maximum absolute atomic E-state index is 13.2. The maximum Gasteiger partial charge on any atom is 0.335 e. The normalized spacial score (nSPS) is 23.3. The van der Waals surface area contributed by atoms with Gasteiger partial charge >= 0.3 is 5.97 Å². The van der Waals surface area contributed by atoms with Gasteiger partial charge in [-0.2, -0.15) is 0 Å². The summed E-state index contributed by atoms with van der Waals surface area (Å²) in [6.45, 7) is 3.96. The molecule has 0 fully saturated rings. The number of aliphatic carboxylic acids is 1. The van der Waals surface area contributed by atoms with Crippen LogP contribution in [0.1, 0.15) is 44.6 Å². The molecule has 1 atom stereocenters. The van der Waals surface area contributed by atoms with Crippen LogP contribution >= 0.6 is 0 Å². The molecule has 2 aliphatic rings. The number of halogens is 1. The van der Waals surface area contributed by atoms with E-state index in [2.05, 4.69) is 0 Å². The lowest BCUT2D eigenvalue weighted by molar-refractivity contribution is -0.133. The van der Waals surface area contributed by atoms with Crippen LogP contribution in [0.2, 0.25) is 0 Å². The molecule has 4 nitrogen and oxygen atoms in total. The number of carbonyl (C=O) groups excluding carboxylic acids is 1. The molecule has 0 saturated carbocycles. The molecule has 2 aliphatic carbocycles. The van der Waals surface area contributed by atoms with Crippen molar-refractivity contribution in [1.29, 1.82) is 0 Å². The van der Waals surface area contributed by atoms with Gasteiger partial charge in [-0.1, -0.05) is 31.6 Å². The molecule has 126 valence electrons. The third-order valence-electron chi connectivity index (χ3n) is 4.72. The Hall–Kier alpha value is -2.43. The quantitative estimate of drug-likeness (QED) is 0.862. The van der Waals surface area contributed by atoms with Gasteiger partial charge in [-0.15, -0.1) is 0 Å². The molecule has 0 aliphatic heterocycles. The van der Waals surface area contributed by atoms with E-state index in [1.165, 1.54) is 24.3 Å². The van der Waals surface area contributed by atoms with Crippen LogP contribution in [0.25, 0.3) is 0 Å². The zero-order valence-corrected chi connectivity index (χ0v) is 13.6. The summed E-state index contributed by atoms with van der Waals surface area (Å²) in [4.78, 5) is 24.4. The monoisotopic (exact) mass is 330 g/mol. The molecule has 0 amide bonds. The number of hydrogen-bond acceptors (Lipinski definition) is 3. The fourth-order valence-electron chi connectivity index (χ4n) is 3.83. The maximum atomic E-state index is 13.2. The first-order chi connectivity index (χ1) is 11.2. The molecule has 2 N–H and O–H groups in total. The van der Waals surface area contributed by atoms with Crippen LogP contribution in [-0.4, -0.2) is 22.0 Å². The fourth-order valence-corrected chi connectivity index (χ4v) is 3.83. The van der Waals surface area contributed by atoms with E-state index in [-0.39, 0.29) is 29.0 Å². The van der Waals surface area contributed by atoms with E-state index in [9.17, 15) is 24.2 Å². The van der Waals surface area contributed by atoms with Gasteiger partial charge in [-0.25, -0.2) is 9.18 Å². The molecule has 3 rings (SSSR count). The van der Waals surface area contributed by atoms with Crippen molar-refractivity contribution >= 4 is 11.8 Å². The van der Waals surface area contributed by atoms with Crippen molar-refractivity contribution in [3.8, 4) is 0 Å². The average molecular weight is 330 g/mol. The summed E-state index contributed by atoms with van der Waals surface area (Å²) in [6.07, 6.45) is 1.05. The Morgan fingerprint density at radius 2 is 1.83 bits per heavy atom. The second kappa shape index (κ2) is 5.58. The first kappa shape index (κ1) is 16.4. The van der Waals surface area contributed by atoms with Gasteiger partial charge in [-0.3, -0.25) is 4.79 Å². The van der Waals surface area contributed by atoms with E-state index >= 15 is 0 Å². The van der Waals surface area contributed by atoms with Gasteiger partial charge in [0.2, 0.25) is 0 Å². The number of ketones is 1. The molecule has 0 radical (unpaired) electrons. The Balaban J connectivity index is 2.19. The number of aliphatic hydroxyl groups is 1. The summed E-state index contributed by atoms with van der Waals surface area (Å²) in [5.41, 5.74) is 1.34. The highest BCUT2D eigenvalue weighted by atomic mass is 19.1. The van der Waals surface area contributed by atoms with Crippen LogP contribution in [0.15, 0.2) is 46.7 Å². The van der Waals surface area contributed by atoms with Crippen molar-refractivity contribution in [2.24, 2.45) is 5.41 Å². The van der Waals surface area contributed by atoms with Gasteiger partial charge in [0.25, 0.3) is 0 Å². The number of carboxylic acids is 1. The van der Waals surface area contributed by atoms with Crippen molar-refractivity contribution < 1.29 is 24.2 Å². The minimum atomic E-state index is -1.26. The Morgan fingerprint density at radius 3 is 2.42 bits per heavy atom. The van der Waals surface area contributed by atoms with Crippen molar-refractivity contribution in [3.05, 3.63) is 58.1 Å². The summed E-state index contributed by atoms with van der Waals surface area (Å²) < 4.78 is 13.2. The average Bonchev–Trinajstić information content (AvgIpc) is 2.44. The first-order valence-corrected chi connectivity index (χ1v) is 7.85. The molecule has 24 heavy (non-hydrogen) atoms. The van der Waals surface area contributed by atoms with E-state index in [1.807, 2.05) is 13.8 Å². The summed E-state index contributed by atoms with van der Waals surface area (Å²) in [5, 5.41) is 19.8. The summed E-state index contributed by atoms with van der Waals surface area (Å²) in [7, 11) is 0. The van der Waals surface area contributed by atoms with E-state index in [4.69, 9.17) is 0 Å². The molecular weight excluding hydrogens is 311 g/mol. The molecule has 0 bridgehead atoms. The zero-order chi connectivity index (χ0) is 17.6. The van der Waals surface area contributed by atoms with Gasteiger partial charge < -0.3 is 10.2 Å². The minimum absolute atomic E-state index is 0.0871. The lowest BCUT2D eigenvalue weighted by Crippen LogP contribution is -2.33. The molecule has 1 aromatic rings. The smallest absolute Gasteiger partial charge is 0.335 e. The van der Waals surface area contributed by atoms with Gasteiger partial charge in [0.1, 0.15) is 11.6 Å². The molecule has 0 saturated heterocycles. The molecule has 0 aromatic heterocycles. The van der Waals surface area contributed by atoms with Crippen molar-refractivity contribution in [2.45, 2.75) is 39.0 Å². The second-order valence-electron chi connectivity index (χ2n) is 7.29. The third-order valence-corrected chi connectivity index (χ3v) is 4.72. The summed E-state index contributed by atoms with van der Waals surface area (Å²) in [5.74, 6) is -2.87. The van der Waals surface area contributed by atoms with Gasteiger partial charge in [0, 0.05) is 24.3 Å². The number of allylic oxidation sites excluding steroid dienone is 2. The standard InChI is InChI=1S/C19H19FO4/c1-19(2)8-11-7-13(21)17(18(23)24)16(15(11)14(22)9-19)10-3-5-12(20)6-4-10/h3-6,16,21H,7-9H2,1-2H3,(H,23,24). The van der Waals surface area contributed by atoms with Gasteiger partial charge in [-0.05, 0) is 29.5 Å². The minimum Gasteiger partial charge on any atom is -0.511 e. The van der Waals surface area contributed by atoms with Crippen LogP contribution in [-0.2, 0) is 9.59 Å². The highest BCUT2D eigenvalue weighted by Crippen LogP contribution is 2.49. The predicted molar refractivity (Wildman–Crippen MR) is 86.1 cm³/mol. The topological polar surface area (TPSA) is 74.6 Å². The highest BCUT2D eigenvalue weighted by molar-refractivity contribution is 6.03. The van der Waals surface area contributed by atoms with E-state index in [0.29, 0.717) is 24.0 Å². The van der Waals surface area contributed by atoms with Crippen LogP contribution in [0, 0.1) is 11.2 Å². The van der Waals surface area contributed by atoms with Gasteiger partial charge in [0.15, 0.2) is 5.78 Å². The molecule has 1 aromatic carbocycles. The molecule has 0 heterocycles. The number of hydrogen-bond donors (Lipinski definition) is 2. The molecule has 5 heteroatoms. The SMILES string of the molecule is CC1(C)CC(=O)C2=C(CC(O)=C(C(=O)O)C2c2ccc(F)cc2)C1. The number of rotatable bonds is 2. The van der Waals surface area contributed by atoms with Crippen molar-refractivity contribution in [3.63, 3.8) is 0 Å². The van der Waals surface area contributed by atoms with Gasteiger partial charge in [0.05, 0.1) is 5.57 Å². The van der Waals surface area contributed by atoms with E-state index in [0.717, 1.165) is 5.57 Å².